The maximum atomic E-state index is 5.90. The summed E-state index contributed by atoms with van der Waals surface area (Å²) >= 11 is 0. The van der Waals surface area contributed by atoms with Crippen molar-refractivity contribution in [2.75, 3.05) is 13.1 Å². The van der Waals surface area contributed by atoms with Crippen LogP contribution in [0.1, 0.15) is 25.8 Å². The molecule has 0 saturated carbocycles. The quantitative estimate of drug-likeness (QED) is 0.913. The fraction of sp³-hybridized carbons (Fsp3) is 0.571. The van der Waals surface area contributed by atoms with E-state index in [-0.39, 0.29) is 18.5 Å². The van der Waals surface area contributed by atoms with Crippen molar-refractivity contribution in [1.29, 1.82) is 0 Å². The lowest BCUT2D eigenvalue weighted by Gasteiger charge is -2.16. The monoisotopic (exact) mass is 270 g/mol. The minimum absolute atomic E-state index is 0. The first kappa shape index (κ1) is 15.3. The van der Waals surface area contributed by atoms with Crippen LogP contribution in [0.3, 0.4) is 0 Å². The lowest BCUT2D eigenvalue weighted by atomic mass is 10.2. The number of benzene rings is 1. The fourth-order valence-electron chi connectivity index (χ4n) is 2.21. The smallest absolute Gasteiger partial charge is 0.119 e. The van der Waals surface area contributed by atoms with E-state index in [1.807, 2.05) is 26.0 Å². The highest BCUT2D eigenvalue weighted by Crippen LogP contribution is 2.17. The van der Waals surface area contributed by atoms with Gasteiger partial charge in [0.05, 0.1) is 6.10 Å². The van der Waals surface area contributed by atoms with Crippen LogP contribution in [0.15, 0.2) is 24.3 Å². The van der Waals surface area contributed by atoms with E-state index in [4.69, 9.17) is 10.5 Å². The van der Waals surface area contributed by atoms with Crippen molar-refractivity contribution in [3.8, 4) is 5.75 Å². The molecule has 0 radical (unpaired) electrons. The van der Waals surface area contributed by atoms with Gasteiger partial charge >= 0.3 is 0 Å². The Hall–Kier alpha value is -0.770. The van der Waals surface area contributed by atoms with Crippen molar-refractivity contribution >= 4 is 12.4 Å². The van der Waals surface area contributed by atoms with Crippen LogP contribution in [0.25, 0.3) is 0 Å². The Kier molecular flexibility index (Phi) is 5.93. The second-order valence-corrected chi connectivity index (χ2v) is 5.09. The van der Waals surface area contributed by atoms with E-state index in [0.29, 0.717) is 6.04 Å². The Labute approximate surface area is 116 Å². The van der Waals surface area contributed by atoms with Crippen LogP contribution < -0.4 is 10.5 Å². The van der Waals surface area contributed by atoms with E-state index >= 15 is 0 Å². The zero-order valence-electron chi connectivity index (χ0n) is 11.1. The van der Waals surface area contributed by atoms with Gasteiger partial charge in [0.15, 0.2) is 0 Å². The molecule has 0 aromatic heterocycles. The van der Waals surface area contributed by atoms with Crippen molar-refractivity contribution in [2.45, 2.75) is 39.0 Å². The zero-order chi connectivity index (χ0) is 12.3. The van der Waals surface area contributed by atoms with Crippen LogP contribution in [0.4, 0.5) is 0 Å². The number of ether oxygens (including phenoxy) is 1. The lowest BCUT2D eigenvalue weighted by Crippen LogP contribution is -2.26. The van der Waals surface area contributed by atoms with Gasteiger partial charge in [-0.3, -0.25) is 4.90 Å². The van der Waals surface area contributed by atoms with E-state index in [1.165, 1.54) is 5.56 Å². The average molecular weight is 271 g/mol. The van der Waals surface area contributed by atoms with Crippen LogP contribution in [-0.4, -0.2) is 30.1 Å². The summed E-state index contributed by atoms with van der Waals surface area (Å²) < 4.78 is 5.62. The summed E-state index contributed by atoms with van der Waals surface area (Å²) in [7, 11) is 0. The second-order valence-electron chi connectivity index (χ2n) is 5.09. The van der Waals surface area contributed by atoms with Gasteiger partial charge in [-0.15, -0.1) is 12.4 Å². The van der Waals surface area contributed by atoms with Crippen LogP contribution in [0.2, 0.25) is 0 Å². The van der Waals surface area contributed by atoms with Crippen LogP contribution in [-0.2, 0) is 6.54 Å². The predicted molar refractivity (Wildman–Crippen MR) is 77.3 cm³/mol. The fourth-order valence-corrected chi connectivity index (χ4v) is 2.21. The molecule has 0 amide bonds. The molecule has 4 heteroatoms. The van der Waals surface area contributed by atoms with E-state index in [1.54, 1.807) is 0 Å². The van der Waals surface area contributed by atoms with Crippen molar-refractivity contribution in [3.05, 3.63) is 29.8 Å². The third kappa shape index (κ3) is 4.48. The van der Waals surface area contributed by atoms with Crippen molar-refractivity contribution in [2.24, 2.45) is 5.73 Å². The summed E-state index contributed by atoms with van der Waals surface area (Å²) in [5, 5.41) is 0. The number of nitrogens with two attached hydrogens (primary N) is 1. The highest BCUT2D eigenvalue weighted by Gasteiger charge is 2.18. The Balaban J connectivity index is 0.00000162. The summed E-state index contributed by atoms with van der Waals surface area (Å²) in [6.07, 6.45) is 1.35. The Morgan fingerprint density at radius 1 is 1.33 bits per heavy atom. The van der Waals surface area contributed by atoms with Crippen LogP contribution >= 0.6 is 12.4 Å². The molecule has 0 aliphatic carbocycles. The number of rotatable bonds is 4. The lowest BCUT2D eigenvalue weighted by molar-refractivity contribution is 0.242. The summed E-state index contributed by atoms with van der Waals surface area (Å²) in [5.74, 6) is 0.946. The molecule has 1 fully saturated rings. The van der Waals surface area contributed by atoms with Gasteiger partial charge < -0.3 is 10.5 Å². The molecule has 1 unspecified atom stereocenters. The first-order valence-electron chi connectivity index (χ1n) is 6.37. The Bertz CT molecular complexity index is 353. The highest BCUT2D eigenvalue weighted by atomic mass is 35.5. The van der Waals surface area contributed by atoms with Gasteiger partial charge in [-0.25, -0.2) is 0 Å². The van der Waals surface area contributed by atoms with Gasteiger partial charge in [0.1, 0.15) is 5.75 Å². The highest BCUT2D eigenvalue weighted by molar-refractivity contribution is 5.85. The third-order valence-electron chi connectivity index (χ3n) is 3.01. The van der Waals surface area contributed by atoms with Gasteiger partial charge in [-0.1, -0.05) is 12.1 Å². The third-order valence-corrected chi connectivity index (χ3v) is 3.01. The largest absolute Gasteiger partial charge is 0.491 e. The first-order chi connectivity index (χ1) is 8.13. The van der Waals surface area contributed by atoms with Crippen molar-refractivity contribution in [1.82, 2.24) is 4.90 Å². The van der Waals surface area contributed by atoms with Crippen LogP contribution in [0.5, 0.6) is 5.75 Å². The molecule has 0 spiro atoms. The normalized spacial score (nSPS) is 19.9. The number of nitrogens with zero attached hydrogens (tertiary/aromatic N) is 1. The molecule has 18 heavy (non-hydrogen) atoms. The number of hydrogen-bond acceptors (Lipinski definition) is 3. The Morgan fingerprint density at radius 3 is 2.50 bits per heavy atom. The van der Waals surface area contributed by atoms with E-state index in [0.717, 1.165) is 31.8 Å². The molecule has 1 saturated heterocycles. The molecule has 1 aromatic carbocycles. The second kappa shape index (κ2) is 6.98. The molecule has 1 aliphatic heterocycles. The molecule has 1 aliphatic rings. The molecule has 1 atom stereocenters. The van der Waals surface area contributed by atoms with Gasteiger partial charge in [-0.2, -0.15) is 0 Å². The average Bonchev–Trinajstić information content (AvgIpc) is 2.66. The minimum atomic E-state index is 0. The summed E-state index contributed by atoms with van der Waals surface area (Å²) in [4.78, 5) is 2.41. The van der Waals surface area contributed by atoms with E-state index in [2.05, 4.69) is 17.0 Å². The van der Waals surface area contributed by atoms with Gasteiger partial charge in [0, 0.05) is 25.7 Å². The molecule has 1 heterocycles. The molecular formula is C14H23ClN2O. The molecule has 1 aromatic rings. The molecule has 3 nitrogen and oxygen atoms in total. The standard InChI is InChI=1S/C14H22N2O.ClH/c1-11(2)17-14-5-3-12(4-6-14)9-16-8-7-13(15)10-16;/h3-6,11,13H,7-10,15H2,1-2H3;1H. The number of hydrogen-bond donors (Lipinski definition) is 1. The summed E-state index contributed by atoms with van der Waals surface area (Å²) in [6, 6.07) is 8.73. The Morgan fingerprint density at radius 2 is 2.00 bits per heavy atom. The maximum Gasteiger partial charge on any atom is 0.119 e. The SMILES string of the molecule is CC(C)Oc1ccc(CN2CCC(N)C2)cc1.Cl. The molecule has 102 valence electrons. The first-order valence-corrected chi connectivity index (χ1v) is 6.37. The predicted octanol–water partition coefficient (Wildman–Crippen LogP) is 2.43. The molecule has 0 bridgehead atoms. The molecule has 2 rings (SSSR count). The topological polar surface area (TPSA) is 38.5 Å². The zero-order valence-corrected chi connectivity index (χ0v) is 12.0. The number of halogens is 1. The van der Waals surface area contributed by atoms with E-state index in [9.17, 15) is 0 Å². The van der Waals surface area contributed by atoms with Gasteiger partial charge in [0.2, 0.25) is 0 Å². The van der Waals surface area contributed by atoms with Gasteiger partial charge in [-0.05, 0) is 38.0 Å². The van der Waals surface area contributed by atoms with Gasteiger partial charge in [0.25, 0.3) is 0 Å². The van der Waals surface area contributed by atoms with Crippen molar-refractivity contribution in [3.63, 3.8) is 0 Å². The maximum absolute atomic E-state index is 5.90. The summed E-state index contributed by atoms with van der Waals surface area (Å²) in [6.45, 7) is 7.21. The number of likely N-dealkylation sites (tertiary alicyclic amines) is 1. The summed E-state index contributed by atoms with van der Waals surface area (Å²) in [5.41, 5.74) is 7.22. The minimum Gasteiger partial charge on any atom is -0.491 e. The van der Waals surface area contributed by atoms with Crippen LogP contribution in [0, 0.1) is 0 Å². The molecule has 2 N–H and O–H groups in total. The van der Waals surface area contributed by atoms with E-state index < -0.39 is 0 Å². The molecular weight excluding hydrogens is 248 g/mol. The van der Waals surface area contributed by atoms with Crippen molar-refractivity contribution < 1.29 is 4.74 Å².